The van der Waals surface area contributed by atoms with E-state index in [4.69, 9.17) is 27.7 Å². The normalized spacial score (nSPS) is 12.0. The summed E-state index contributed by atoms with van der Waals surface area (Å²) in [5, 5.41) is 11.7. The van der Waals surface area contributed by atoms with Gasteiger partial charge in [-0.2, -0.15) is 0 Å². The lowest BCUT2D eigenvalue weighted by Crippen LogP contribution is -2.36. The van der Waals surface area contributed by atoms with Crippen molar-refractivity contribution < 1.29 is 4.52 Å². The maximum absolute atomic E-state index is 6.10. The molecule has 2 aromatic heterocycles. The zero-order valence-corrected chi connectivity index (χ0v) is 17.3. The van der Waals surface area contributed by atoms with E-state index in [9.17, 15) is 0 Å². The predicted molar refractivity (Wildman–Crippen MR) is 107 cm³/mol. The molecule has 0 saturated heterocycles. The summed E-state index contributed by atoms with van der Waals surface area (Å²) in [6, 6.07) is 3.85. The second-order valence-corrected chi connectivity index (χ2v) is 6.88. The van der Waals surface area contributed by atoms with Gasteiger partial charge in [-0.25, -0.2) is 4.99 Å². The summed E-state index contributed by atoms with van der Waals surface area (Å²) in [5.74, 6) is 1.94. The number of aliphatic imine (C=N–C) groups is 1. The number of guanidine groups is 1. The molecule has 0 aliphatic rings. The number of nitrogens with zero attached hydrogens (tertiary/aromatic N) is 3. The molecule has 144 valence electrons. The van der Waals surface area contributed by atoms with E-state index in [-0.39, 0.29) is 0 Å². The smallest absolute Gasteiger partial charge is 0.192 e. The molecule has 0 unspecified atom stereocenters. The molecule has 0 radical (unpaired) electrons. The van der Waals surface area contributed by atoms with Gasteiger partial charge < -0.3 is 19.7 Å². The molecule has 0 bridgehead atoms. The van der Waals surface area contributed by atoms with Gasteiger partial charge in [0.05, 0.1) is 23.8 Å². The lowest BCUT2D eigenvalue weighted by atomic mass is 9.99. The van der Waals surface area contributed by atoms with Crippen molar-refractivity contribution in [2.75, 3.05) is 6.54 Å². The number of hydrogen-bond donors (Lipinski definition) is 2. The van der Waals surface area contributed by atoms with E-state index < -0.39 is 0 Å². The Morgan fingerprint density at radius 3 is 2.54 bits per heavy atom. The first-order valence-electron chi connectivity index (χ1n) is 8.97. The van der Waals surface area contributed by atoms with Crippen LogP contribution in [0.4, 0.5) is 0 Å². The van der Waals surface area contributed by atoms with Crippen molar-refractivity contribution in [1.29, 1.82) is 0 Å². The minimum Gasteiger partial charge on any atom is -0.359 e. The molecule has 2 aromatic rings. The topological polar surface area (TPSA) is 67.4 Å². The molecule has 2 N–H and O–H groups in total. The van der Waals surface area contributed by atoms with Crippen LogP contribution in [0, 0.1) is 0 Å². The molecule has 2 rings (SSSR count). The Labute approximate surface area is 164 Å². The van der Waals surface area contributed by atoms with Gasteiger partial charge in [0.25, 0.3) is 0 Å². The highest BCUT2D eigenvalue weighted by Crippen LogP contribution is 2.25. The Balaban J connectivity index is 2.00. The van der Waals surface area contributed by atoms with Crippen molar-refractivity contribution in [1.82, 2.24) is 20.4 Å². The number of rotatable bonds is 8. The van der Waals surface area contributed by atoms with E-state index in [0.717, 1.165) is 36.5 Å². The van der Waals surface area contributed by atoms with Crippen LogP contribution in [0.5, 0.6) is 0 Å². The van der Waals surface area contributed by atoms with Crippen LogP contribution in [0.2, 0.25) is 10.2 Å². The fraction of sp³-hybridized carbons (Fsp3) is 0.556. The minimum atomic E-state index is 0.446. The van der Waals surface area contributed by atoms with E-state index in [2.05, 4.69) is 34.6 Å². The highest BCUT2D eigenvalue weighted by molar-refractivity contribution is 6.41. The summed E-state index contributed by atoms with van der Waals surface area (Å²) in [7, 11) is 1.87. The highest BCUT2D eigenvalue weighted by Gasteiger charge is 2.13. The molecule has 0 aliphatic heterocycles. The highest BCUT2D eigenvalue weighted by atomic mass is 35.5. The van der Waals surface area contributed by atoms with Crippen LogP contribution >= 0.6 is 23.2 Å². The molecule has 0 saturated carbocycles. The fourth-order valence-electron chi connectivity index (χ4n) is 2.72. The molecule has 0 spiro atoms. The van der Waals surface area contributed by atoms with Gasteiger partial charge >= 0.3 is 0 Å². The van der Waals surface area contributed by atoms with Gasteiger partial charge in [-0.05, 0) is 25.8 Å². The van der Waals surface area contributed by atoms with Crippen molar-refractivity contribution in [2.24, 2.45) is 12.0 Å². The SMILES string of the molecule is CCNC(=NCc1cc(Cl)c(Cl)n1C)NCc1cc(C(CC)CC)no1. The zero-order chi connectivity index (χ0) is 19.1. The molecular weight excluding hydrogens is 373 g/mol. The Morgan fingerprint density at radius 2 is 1.96 bits per heavy atom. The average molecular weight is 400 g/mol. The molecule has 0 atom stereocenters. The van der Waals surface area contributed by atoms with Gasteiger partial charge in [-0.1, -0.05) is 42.2 Å². The second kappa shape index (κ2) is 9.88. The zero-order valence-electron chi connectivity index (χ0n) is 15.8. The average Bonchev–Trinajstić information content (AvgIpc) is 3.19. The number of hydrogen-bond acceptors (Lipinski definition) is 3. The first kappa shape index (κ1) is 20.6. The monoisotopic (exact) mass is 399 g/mol. The lowest BCUT2D eigenvalue weighted by Gasteiger charge is -2.10. The van der Waals surface area contributed by atoms with Crippen molar-refractivity contribution in [3.8, 4) is 0 Å². The van der Waals surface area contributed by atoms with Crippen LogP contribution in [-0.2, 0) is 20.1 Å². The van der Waals surface area contributed by atoms with Crippen LogP contribution in [0.15, 0.2) is 21.6 Å². The fourth-order valence-corrected chi connectivity index (χ4v) is 3.14. The van der Waals surface area contributed by atoms with Gasteiger partial charge in [-0.3, -0.25) is 0 Å². The van der Waals surface area contributed by atoms with Crippen molar-refractivity contribution in [3.05, 3.63) is 39.5 Å². The second-order valence-electron chi connectivity index (χ2n) is 6.11. The Kier molecular flexibility index (Phi) is 7.85. The molecule has 0 fully saturated rings. The third-order valence-electron chi connectivity index (χ3n) is 4.37. The van der Waals surface area contributed by atoms with Gasteiger partial charge in [0, 0.05) is 31.3 Å². The molecular formula is C18H27Cl2N5O. The third kappa shape index (κ3) is 5.17. The van der Waals surface area contributed by atoms with Crippen LogP contribution in [-0.4, -0.2) is 22.2 Å². The molecule has 26 heavy (non-hydrogen) atoms. The van der Waals surface area contributed by atoms with Crippen LogP contribution in [0.25, 0.3) is 0 Å². The molecule has 0 aromatic carbocycles. The lowest BCUT2D eigenvalue weighted by molar-refractivity contribution is 0.368. The summed E-state index contributed by atoms with van der Waals surface area (Å²) in [6.45, 7) is 8.10. The van der Waals surface area contributed by atoms with E-state index in [1.807, 2.05) is 30.7 Å². The maximum Gasteiger partial charge on any atom is 0.192 e. The predicted octanol–water partition coefficient (Wildman–Crippen LogP) is 4.48. The minimum absolute atomic E-state index is 0.446. The Hall–Kier alpha value is -1.66. The van der Waals surface area contributed by atoms with E-state index in [0.29, 0.717) is 35.1 Å². The first-order valence-corrected chi connectivity index (χ1v) is 9.72. The molecule has 0 amide bonds. The van der Waals surface area contributed by atoms with E-state index >= 15 is 0 Å². The van der Waals surface area contributed by atoms with Crippen molar-refractivity contribution >= 4 is 29.2 Å². The molecule has 8 heteroatoms. The molecule has 0 aliphatic carbocycles. The number of aromatic nitrogens is 2. The summed E-state index contributed by atoms with van der Waals surface area (Å²) in [4.78, 5) is 4.58. The number of halogens is 2. The standard InChI is InChI=1S/C18H27Cl2N5O/c1-5-12(6-2)16-9-14(26-24-16)11-23-18(21-7-3)22-10-13-8-15(19)17(20)25(13)4/h8-9,12H,5-7,10-11H2,1-4H3,(H2,21,22,23). The van der Waals surface area contributed by atoms with E-state index in [1.54, 1.807) is 0 Å². The quantitative estimate of drug-likeness (QED) is 0.507. The number of nitrogens with one attached hydrogen (secondary N) is 2. The van der Waals surface area contributed by atoms with Crippen LogP contribution in [0.3, 0.4) is 0 Å². The third-order valence-corrected chi connectivity index (χ3v) is 5.21. The van der Waals surface area contributed by atoms with Gasteiger partial charge in [-0.15, -0.1) is 0 Å². The van der Waals surface area contributed by atoms with Gasteiger partial charge in [0.2, 0.25) is 0 Å². The van der Waals surface area contributed by atoms with Crippen LogP contribution in [0.1, 0.15) is 56.7 Å². The van der Waals surface area contributed by atoms with Crippen LogP contribution < -0.4 is 10.6 Å². The van der Waals surface area contributed by atoms with Crippen molar-refractivity contribution in [3.63, 3.8) is 0 Å². The maximum atomic E-state index is 6.10. The van der Waals surface area contributed by atoms with Crippen molar-refractivity contribution in [2.45, 2.75) is 52.6 Å². The largest absolute Gasteiger partial charge is 0.359 e. The van der Waals surface area contributed by atoms with Gasteiger partial charge in [0.1, 0.15) is 5.15 Å². The molecule has 6 nitrogen and oxygen atoms in total. The first-order chi connectivity index (χ1) is 12.5. The van der Waals surface area contributed by atoms with Gasteiger partial charge in [0.15, 0.2) is 11.7 Å². The summed E-state index contributed by atoms with van der Waals surface area (Å²) >= 11 is 12.2. The Morgan fingerprint density at radius 1 is 1.23 bits per heavy atom. The Bertz CT molecular complexity index is 734. The molecule has 2 heterocycles. The summed E-state index contributed by atoms with van der Waals surface area (Å²) in [5.41, 5.74) is 1.95. The van der Waals surface area contributed by atoms with E-state index in [1.165, 1.54) is 0 Å². The summed E-state index contributed by atoms with van der Waals surface area (Å²) in [6.07, 6.45) is 2.11. The summed E-state index contributed by atoms with van der Waals surface area (Å²) < 4.78 is 7.27.